The number of benzene rings is 1. The number of amides is 1. The molecule has 122 valence electrons. The van der Waals surface area contributed by atoms with Crippen molar-refractivity contribution in [2.24, 2.45) is 0 Å². The van der Waals surface area contributed by atoms with Crippen LogP contribution in [0, 0.1) is 6.92 Å². The van der Waals surface area contributed by atoms with Crippen LogP contribution in [0.15, 0.2) is 30.5 Å². The van der Waals surface area contributed by atoms with Crippen LogP contribution in [0.5, 0.6) is 11.5 Å². The third-order valence-electron chi connectivity index (χ3n) is 3.22. The highest BCUT2D eigenvalue weighted by Gasteiger charge is 2.05. The molecular weight excluding hydrogens is 312 g/mol. The number of carbonyl (C=O) groups is 1. The summed E-state index contributed by atoms with van der Waals surface area (Å²) in [4.78, 5) is 16.9. The monoisotopic (exact) mass is 332 g/mol. The molecule has 0 spiro atoms. The van der Waals surface area contributed by atoms with E-state index in [2.05, 4.69) is 10.3 Å². The van der Waals surface area contributed by atoms with Gasteiger partial charge in [0.1, 0.15) is 11.5 Å². The summed E-state index contributed by atoms with van der Waals surface area (Å²) in [5.74, 6) is 1.43. The van der Waals surface area contributed by atoms with E-state index in [0.29, 0.717) is 13.0 Å². The van der Waals surface area contributed by atoms with Gasteiger partial charge in [-0.15, -0.1) is 11.3 Å². The molecule has 1 aromatic heterocycles. The second kappa shape index (κ2) is 8.33. The van der Waals surface area contributed by atoms with Crippen LogP contribution >= 0.6 is 11.3 Å². The number of carbonyl (C=O) groups excluding carboxylic acids is 1. The molecule has 23 heavy (non-hydrogen) atoms. The van der Waals surface area contributed by atoms with Crippen molar-refractivity contribution in [2.75, 3.05) is 20.8 Å². The zero-order valence-corrected chi connectivity index (χ0v) is 14.3. The molecule has 2 aromatic rings. The minimum atomic E-state index is -0.127. The number of aromatic nitrogens is 1. The van der Waals surface area contributed by atoms with Crippen molar-refractivity contribution in [2.45, 2.75) is 13.3 Å². The molecule has 1 heterocycles. The van der Waals surface area contributed by atoms with Gasteiger partial charge in [-0.3, -0.25) is 4.79 Å². The zero-order chi connectivity index (χ0) is 16.7. The Bertz CT molecular complexity index is 695. The van der Waals surface area contributed by atoms with Gasteiger partial charge in [0.25, 0.3) is 0 Å². The van der Waals surface area contributed by atoms with Crippen LogP contribution in [0.2, 0.25) is 0 Å². The van der Waals surface area contributed by atoms with Gasteiger partial charge in [0.05, 0.1) is 19.2 Å². The Morgan fingerprint density at radius 3 is 2.83 bits per heavy atom. The number of rotatable bonds is 7. The van der Waals surface area contributed by atoms with Crippen LogP contribution in [0.1, 0.15) is 15.4 Å². The maximum Gasteiger partial charge on any atom is 0.244 e. The minimum absolute atomic E-state index is 0.127. The third kappa shape index (κ3) is 5.10. The van der Waals surface area contributed by atoms with Gasteiger partial charge in [-0.25, -0.2) is 4.98 Å². The Kier molecular flexibility index (Phi) is 6.17. The molecule has 0 aliphatic carbocycles. The minimum Gasteiger partial charge on any atom is -0.497 e. The summed E-state index contributed by atoms with van der Waals surface area (Å²) in [5, 5.41) is 3.84. The first-order chi connectivity index (χ1) is 11.1. The predicted molar refractivity (Wildman–Crippen MR) is 92.1 cm³/mol. The summed E-state index contributed by atoms with van der Waals surface area (Å²) in [7, 11) is 3.25. The number of thiazole rings is 1. The van der Waals surface area contributed by atoms with E-state index in [1.165, 1.54) is 6.08 Å². The van der Waals surface area contributed by atoms with Gasteiger partial charge in [-0.2, -0.15) is 0 Å². The first kappa shape index (κ1) is 17.0. The maximum absolute atomic E-state index is 11.8. The molecule has 1 aromatic carbocycles. The number of ether oxygens (including phenoxy) is 2. The average molecular weight is 332 g/mol. The summed E-state index contributed by atoms with van der Waals surface area (Å²) >= 11 is 1.55. The summed E-state index contributed by atoms with van der Waals surface area (Å²) in [6, 6.07) is 5.63. The molecule has 5 nitrogen and oxygen atoms in total. The van der Waals surface area contributed by atoms with Crippen molar-refractivity contribution in [3.05, 3.63) is 45.9 Å². The number of nitrogens with zero attached hydrogens (tertiary/aromatic N) is 1. The molecule has 0 fully saturated rings. The SMILES string of the molecule is COc1ccc(OC)c(CCNC(=O)C=Cc2cnc(C)s2)c1. The first-order valence-electron chi connectivity index (χ1n) is 7.21. The van der Waals surface area contributed by atoms with Crippen molar-refractivity contribution >= 4 is 23.3 Å². The van der Waals surface area contributed by atoms with E-state index >= 15 is 0 Å². The third-order valence-corrected chi connectivity index (χ3v) is 4.10. The van der Waals surface area contributed by atoms with E-state index in [9.17, 15) is 4.79 Å². The topological polar surface area (TPSA) is 60.5 Å². The molecular formula is C17H20N2O3S. The lowest BCUT2D eigenvalue weighted by molar-refractivity contribution is -0.116. The summed E-state index contributed by atoms with van der Waals surface area (Å²) in [5.41, 5.74) is 0.995. The van der Waals surface area contributed by atoms with Crippen LogP contribution in [0.4, 0.5) is 0 Å². The van der Waals surface area contributed by atoms with Crippen LogP contribution in [0.25, 0.3) is 6.08 Å². The fourth-order valence-corrected chi connectivity index (χ4v) is 2.76. The molecule has 2 rings (SSSR count). The van der Waals surface area contributed by atoms with Crippen LogP contribution in [0.3, 0.4) is 0 Å². The molecule has 1 N–H and O–H groups in total. The van der Waals surface area contributed by atoms with Crippen molar-refractivity contribution in [1.29, 1.82) is 0 Å². The normalized spacial score (nSPS) is 10.7. The van der Waals surface area contributed by atoms with Gasteiger partial charge in [-0.05, 0) is 43.2 Å². The Balaban J connectivity index is 1.86. The number of aryl methyl sites for hydroxylation is 1. The molecule has 0 saturated carbocycles. The molecule has 0 bridgehead atoms. The molecule has 1 amide bonds. The Labute approximate surface area is 140 Å². The summed E-state index contributed by atoms with van der Waals surface area (Å²) < 4.78 is 10.5. The molecule has 0 unspecified atom stereocenters. The van der Waals surface area contributed by atoms with Crippen LogP contribution < -0.4 is 14.8 Å². The lowest BCUT2D eigenvalue weighted by Gasteiger charge is -2.10. The molecule has 0 aliphatic heterocycles. The molecule has 6 heteroatoms. The van der Waals surface area contributed by atoms with Crippen LogP contribution in [-0.4, -0.2) is 31.7 Å². The van der Waals surface area contributed by atoms with Gasteiger partial charge in [-0.1, -0.05) is 0 Å². The zero-order valence-electron chi connectivity index (χ0n) is 13.5. The molecule has 0 saturated heterocycles. The maximum atomic E-state index is 11.8. The second-order valence-electron chi connectivity index (χ2n) is 4.83. The fourth-order valence-electron chi connectivity index (χ4n) is 2.07. The smallest absolute Gasteiger partial charge is 0.244 e. The highest BCUT2D eigenvalue weighted by Crippen LogP contribution is 2.24. The van der Waals surface area contributed by atoms with E-state index in [1.807, 2.05) is 25.1 Å². The molecule has 0 aliphatic rings. The van der Waals surface area contributed by atoms with Crippen molar-refractivity contribution in [3.8, 4) is 11.5 Å². The summed E-state index contributed by atoms with van der Waals surface area (Å²) in [6.07, 6.45) is 5.71. The average Bonchev–Trinajstić information content (AvgIpc) is 2.98. The van der Waals surface area contributed by atoms with Crippen molar-refractivity contribution < 1.29 is 14.3 Å². The van der Waals surface area contributed by atoms with Gasteiger partial charge in [0.15, 0.2) is 0 Å². The Hall–Kier alpha value is -2.34. The lowest BCUT2D eigenvalue weighted by atomic mass is 10.1. The largest absolute Gasteiger partial charge is 0.497 e. The van der Waals surface area contributed by atoms with Gasteiger partial charge >= 0.3 is 0 Å². The van der Waals surface area contributed by atoms with E-state index in [0.717, 1.165) is 26.9 Å². The second-order valence-corrected chi connectivity index (χ2v) is 6.10. The first-order valence-corrected chi connectivity index (χ1v) is 8.03. The van der Waals surface area contributed by atoms with E-state index in [1.54, 1.807) is 37.8 Å². The standard InChI is InChI=1S/C17H20N2O3S/c1-12-19-11-15(23-12)5-7-17(20)18-9-8-13-10-14(21-2)4-6-16(13)22-3/h4-7,10-11H,8-9H2,1-3H3,(H,18,20). The van der Waals surface area contributed by atoms with Crippen molar-refractivity contribution in [3.63, 3.8) is 0 Å². The van der Waals surface area contributed by atoms with Crippen LogP contribution in [-0.2, 0) is 11.2 Å². The highest BCUT2D eigenvalue weighted by molar-refractivity contribution is 7.12. The van der Waals surface area contributed by atoms with E-state index in [4.69, 9.17) is 9.47 Å². The number of hydrogen-bond acceptors (Lipinski definition) is 5. The number of methoxy groups -OCH3 is 2. The summed E-state index contributed by atoms with van der Waals surface area (Å²) in [6.45, 7) is 2.46. The number of hydrogen-bond donors (Lipinski definition) is 1. The van der Waals surface area contributed by atoms with Gasteiger partial charge in [0.2, 0.25) is 5.91 Å². The predicted octanol–water partition coefficient (Wildman–Crippen LogP) is 2.84. The van der Waals surface area contributed by atoms with E-state index < -0.39 is 0 Å². The van der Waals surface area contributed by atoms with E-state index in [-0.39, 0.29) is 5.91 Å². The lowest BCUT2D eigenvalue weighted by Crippen LogP contribution is -2.23. The van der Waals surface area contributed by atoms with Gasteiger partial charge < -0.3 is 14.8 Å². The quantitative estimate of drug-likeness (QED) is 0.792. The fraction of sp³-hybridized carbons (Fsp3) is 0.294. The molecule has 0 atom stereocenters. The molecule has 0 radical (unpaired) electrons. The number of nitrogens with one attached hydrogen (secondary N) is 1. The Morgan fingerprint density at radius 2 is 2.17 bits per heavy atom. The van der Waals surface area contributed by atoms with Crippen molar-refractivity contribution in [1.82, 2.24) is 10.3 Å². The highest BCUT2D eigenvalue weighted by atomic mass is 32.1. The van der Waals surface area contributed by atoms with Gasteiger partial charge in [0, 0.05) is 23.7 Å². The Morgan fingerprint density at radius 1 is 1.35 bits per heavy atom.